The molecular weight excluding hydrogens is 350 g/mol. The highest BCUT2D eigenvalue weighted by Crippen LogP contribution is 2.19. The van der Waals surface area contributed by atoms with Crippen LogP contribution in [0, 0.1) is 0 Å². The van der Waals surface area contributed by atoms with Crippen LogP contribution >= 0.6 is 0 Å². The third kappa shape index (κ3) is 4.01. The molecule has 3 N–H and O–H groups in total. The highest BCUT2D eigenvalue weighted by molar-refractivity contribution is 5.94. The number of nitrogens with zero attached hydrogens (tertiary/aromatic N) is 2. The van der Waals surface area contributed by atoms with Crippen molar-refractivity contribution in [2.45, 2.75) is 13.3 Å². The van der Waals surface area contributed by atoms with Gasteiger partial charge in [-0.15, -0.1) is 0 Å². The molecule has 0 spiro atoms. The van der Waals surface area contributed by atoms with Gasteiger partial charge in [0, 0.05) is 41.0 Å². The van der Waals surface area contributed by atoms with E-state index in [1.54, 1.807) is 19.1 Å². The zero-order chi connectivity index (χ0) is 19.3. The first-order chi connectivity index (χ1) is 13.7. The van der Waals surface area contributed by atoms with Crippen molar-refractivity contribution in [3.05, 3.63) is 78.2 Å². The number of ketones is 1. The minimum atomic E-state index is 0.0512. The summed E-state index contributed by atoms with van der Waals surface area (Å²) in [4.78, 5) is 23.2. The molecule has 0 aliphatic rings. The Hall–Kier alpha value is -3.67. The number of fused-ring (bicyclic) bond motifs is 1. The van der Waals surface area contributed by atoms with Crippen LogP contribution in [-0.4, -0.2) is 27.3 Å². The van der Waals surface area contributed by atoms with Crippen LogP contribution < -0.4 is 10.6 Å². The summed E-state index contributed by atoms with van der Waals surface area (Å²) in [7, 11) is 0. The lowest BCUT2D eigenvalue weighted by Crippen LogP contribution is -2.07. The van der Waals surface area contributed by atoms with Gasteiger partial charge in [0.2, 0.25) is 0 Å². The number of H-pyrrole nitrogens is 1. The Kier molecular flexibility index (Phi) is 5.01. The van der Waals surface area contributed by atoms with Crippen molar-refractivity contribution in [1.29, 1.82) is 0 Å². The summed E-state index contributed by atoms with van der Waals surface area (Å²) in [5.74, 6) is 1.51. The molecule has 0 aliphatic heterocycles. The lowest BCUT2D eigenvalue weighted by molar-refractivity contribution is 0.101. The molecular formula is C22H21N5O. The van der Waals surface area contributed by atoms with Crippen LogP contribution in [0.25, 0.3) is 10.9 Å². The van der Waals surface area contributed by atoms with Crippen LogP contribution in [0.15, 0.2) is 67.1 Å². The van der Waals surface area contributed by atoms with E-state index >= 15 is 0 Å². The molecule has 0 saturated heterocycles. The van der Waals surface area contributed by atoms with E-state index in [2.05, 4.69) is 50.0 Å². The predicted octanol–water partition coefficient (Wildman–Crippen LogP) is 4.56. The first kappa shape index (κ1) is 17.7. The third-order valence-corrected chi connectivity index (χ3v) is 4.61. The molecule has 0 unspecified atom stereocenters. The predicted molar refractivity (Wildman–Crippen MR) is 112 cm³/mol. The van der Waals surface area contributed by atoms with E-state index in [1.165, 1.54) is 17.3 Å². The van der Waals surface area contributed by atoms with Gasteiger partial charge in [-0.05, 0) is 49.2 Å². The largest absolute Gasteiger partial charge is 0.370 e. The van der Waals surface area contributed by atoms with E-state index in [-0.39, 0.29) is 5.78 Å². The van der Waals surface area contributed by atoms with Crippen molar-refractivity contribution in [2.24, 2.45) is 0 Å². The molecule has 4 rings (SSSR count). The molecule has 0 radical (unpaired) electrons. The number of hydrogen-bond donors (Lipinski definition) is 3. The van der Waals surface area contributed by atoms with Crippen LogP contribution in [0.3, 0.4) is 0 Å². The number of anilines is 3. The number of Topliss-reactive ketones (excluding diaryl/α,β-unsaturated/α-hetero) is 1. The zero-order valence-electron chi connectivity index (χ0n) is 15.6. The Morgan fingerprint density at radius 2 is 1.82 bits per heavy atom. The topological polar surface area (TPSA) is 82.7 Å². The summed E-state index contributed by atoms with van der Waals surface area (Å²) in [5, 5.41) is 7.83. The molecule has 0 amide bonds. The number of carbonyl (C=O) groups is 1. The second kappa shape index (κ2) is 7.92. The normalized spacial score (nSPS) is 10.8. The molecule has 4 aromatic rings. The minimum absolute atomic E-state index is 0.0512. The van der Waals surface area contributed by atoms with Gasteiger partial charge in [-0.2, -0.15) is 0 Å². The highest BCUT2D eigenvalue weighted by atomic mass is 16.1. The van der Waals surface area contributed by atoms with Gasteiger partial charge in [-0.3, -0.25) is 4.79 Å². The van der Waals surface area contributed by atoms with Gasteiger partial charge < -0.3 is 15.6 Å². The van der Waals surface area contributed by atoms with Gasteiger partial charge in [0.1, 0.15) is 18.0 Å². The van der Waals surface area contributed by atoms with Crippen molar-refractivity contribution < 1.29 is 4.79 Å². The molecule has 28 heavy (non-hydrogen) atoms. The van der Waals surface area contributed by atoms with Crippen molar-refractivity contribution in [1.82, 2.24) is 15.0 Å². The number of rotatable bonds is 7. The highest BCUT2D eigenvalue weighted by Gasteiger charge is 2.04. The van der Waals surface area contributed by atoms with E-state index in [1.807, 2.05) is 24.3 Å². The SMILES string of the molecule is CC(=O)c1ccc(Nc2cc(NCCc3c[nH]c4ccccc34)ncn2)cc1. The van der Waals surface area contributed by atoms with E-state index in [9.17, 15) is 4.79 Å². The fraction of sp³-hybridized carbons (Fsp3) is 0.136. The summed E-state index contributed by atoms with van der Waals surface area (Å²) < 4.78 is 0. The molecule has 2 aromatic carbocycles. The van der Waals surface area contributed by atoms with Gasteiger partial charge in [0.25, 0.3) is 0 Å². The molecule has 2 aromatic heterocycles. The average molecular weight is 371 g/mol. The van der Waals surface area contributed by atoms with Crippen LogP contribution in [-0.2, 0) is 6.42 Å². The molecule has 0 aliphatic carbocycles. The maximum Gasteiger partial charge on any atom is 0.159 e. The Bertz CT molecular complexity index is 1100. The lowest BCUT2D eigenvalue weighted by atomic mass is 10.1. The monoisotopic (exact) mass is 371 g/mol. The fourth-order valence-electron chi connectivity index (χ4n) is 3.12. The number of hydrogen-bond acceptors (Lipinski definition) is 5. The number of aromatic nitrogens is 3. The van der Waals surface area contributed by atoms with Gasteiger partial charge >= 0.3 is 0 Å². The molecule has 0 fully saturated rings. The number of nitrogens with one attached hydrogen (secondary N) is 3. The van der Waals surface area contributed by atoms with E-state index in [0.29, 0.717) is 11.4 Å². The summed E-state index contributed by atoms with van der Waals surface area (Å²) in [6.07, 6.45) is 4.48. The second-order valence-electron chi connectivity index (χ2n) is 6.58. The van der Waals surface area contributed by atoms with Crippen LogP contribution in [0.2, 0.25) is 0 Å². The zero-order valence-corrected chi connectivity index (χ0v) is 15.6. The molecule has 0 bridgehead atoms. The van der Waals surface area contributed by atoms with Gasteiger partial charge in [-0.25, -0.2) is 9.97 Å². The van der Waals surface area contributed by atoms with E-state index in [4.69, 9.17) is 0 Å². The van der Waals surface area contributed by atoms with Crippen molar-refractivity contribution in [3.63, 3.8) is 0 Å². The molecule has 0 saturated carbocycles. The van der Waals surface area contributed by atoms with Crippen LogP contribution in [0.5, 0.6) is 0 Å². The van der Waals surface area contributed by atoms with Gasteiger partial charge in [-0.1, -0.05) is 18.2 Å². The van der Waals surface area contributed by atoms with Crippen molar-refractivity contribution >= 4 is 34.0 Å². The van der Waals surface area contributed by atoms with E-state index in [0.717, 1.165) is 30.0 Å². The first-order valence-electron chi connectivity index (χ1n) is 9.18. The smallest absolute Gasteiger partial charge is 0.159 e. The Morgan fingerprint density at radius 1 is 1.04 bits per heavy atom. The summed E-state index contributed by atoms with van der Waals surface area (Å²) in [6, 6.07) is 17.5. The van der Waals surface area contributed by atoms with Crippen LogP contribution in [0.4, 0.5) is 17.3 Å². The molecule has 2 heterocycles. The average Bonchev–Trinajstić information content (AvgIpc) is 3.12. The Balaban J connectivity index is 1.37. The standard InChI is InChI=1S/C22H21N5O/c1-15(28)16-6-8-18(9-7-16)27-22-12-21(25-14-26-22)23-11-10-17-13-24-20-5-3-2-4-19(17)20/h2-9,12-14,24H,10-11H2,1H3,(H2,23,25,26,27). The van der Waals surface area contributed by atoms with Gasteiger partial charge in [0.05, 0.1) is 0 Å². The number of aromatic amines is 1. The second-order valence-corrected chi connectivity index (χ2v) is 6.58. The number of carbonyl (C=O) groups excluding carboxylic acids is 1. The Morgan fingerprint density at radius 3 is 2.64 bits per heavy atom. The molecule has 6 nitrogen and oxygen atoms in total. The van der Waals surface area contributed by atoms with Crippen molar-refractivity contribution in [3.8, 4) is 0 Å². The number of para-hydroxylation sites is 1. The molecule has 0 atom stereocenters. The van der Waals surface area contributed by atoms with Gasteiger partial charge in [0.15, 0.2) is 5.78 Å². The van der Waals surface area contributed by atoms with Crippen LogP contribution in [0.1, 0.15) is 22.8 Å². The first-order valence-corrected chi connectivity index (χ1v) is 9.18. The molecule has 140 valence electrons. The Labute approximate surface area is 163 Å². The maximum absolute atomic E-state index is 11.4. The van der Waals surface area contributed by atoms with E-state index < -0.39 is 0 Å². The minimum Gasteiger partial charge on any atom is -0.370 e. The number of benzene rings is 2. The van der Waals surface area contributed by atoms with Crippen molar-refractivity contribution in [2.75, 3.05) is 17.2 Å². The molecule has 6 heteroatoms. The lowest BCUT2D eigenvalue weighted by Gasteiger charge is -2.09. The summed E-state index contributed by atoms with van der Waals surface area (Å²) >= 11 is 0. The summed E-state index contributed by atoms with van der Waals surface area (Å²) in [5.41, 5.74) is 3.99. The fourth-order valence-corrected chi connectivity index (χ4v) is 3.12. The maximum atomic E-state index is 11.4. The quantitative estimate of drug-likeness (QED) is 0.415. The summed E-state index contributed by atoms with van der Waals surface area (Å²) in [6.45, 7) is 2.33. The third-order valence-electron chi connectivity index (χ3n) is 4.61.